The number of hydrogen-bond acceptors (Lipinski definition) is 4. The maximum absolute atomic E-state index is 12.4. The zero-order valence-electron chi connectivity index (χ0n) is 21.3. The molecule has 5 nitrogen and oxygen atoms in total. The summed E-state index contributed by atoms with van der Waals surface area (Å²) in [5.41, 5.74) is 3.67. The molecule has 0 spiro atoms. The second-order valence-electron chi connectivity index (χ2n) is 9.67. The number of amides is 1. The summed E-state index contributed by atoms with van der Waals surface area (Å²) in [5.74, 6) is -0.892. The molecule has 0 aromatic heterocycles. The molecule has 0 saturated carbocycles. The molecule has 0 atom stereocenters. The van der Waals surface area contributed by atoms with Crippen molar-refractivity contribution < 1.29 is 32.2 Å². The highest BCUT2D eigenvalue weighted by atomic mass is 79.9. The first-order valence-electron chi connectivity index (χ1n) is 12.0. The predicted molar refractivity (Wildman–Crippen MR) is 143 cm³/mol. The third-order valence-electron chi connectivity index (χ3n) is 5.40. The second kappa shape index (κ2) is 12.5. The Morgan fingerprint density at radius 1 is 0.868 bits per heavy atom. The third-order valence-corrected chi connectivity index (χ3v) is 6.17. The third kappa shape index (κ3) is 9.52. The molecule has 0 saturated heterocycles. The smallest absolute Gasteiger partial charge is 0.460 e. The predicted octanol–water partition coefficient (Wildman–Crippen LogP) is 7.26. The van der Waals surface area contributed by atoms with Crippen molar-refractivity contribution in [2.24, 2.45) is 0 Å². The molecule has 0 aliphatic rings. The summed E-state index contributed by atoms with van der Waals surface area (Å²) < 4.78 is 47.3. The van der Waals surface area contributed by atoms with Crippen LogP contribution in [0.15, 0.2) is 71.2 Å². The summed E-state index contributed by atoms with van der Waals surface area (Å²) in [7, 11) is 0. The van der Waals surface area contributed by atoms with Gasteiger partial charge in [-0.05, 0) is 86.2 Å². The van der Waals surface area contributed by atoms with Gasteiger partial charge in [0.1, 0.15) is 11.4 Å². The quantitative estimate of drug-likeness (QED) is 0.266. The molecule has 1 N–H and O–H groups in total. The molecule has 0 heterocycles. The van der Waals surface area contributed by atoms with Gasteiger partial charge < -0.3 is 14.8 Å². The summed E-state index contributed by atoms with van der Waals surface area (Å²) in [6.45, 7) is 5.57. The Hall–Kier alpha value is -3.33. The van der Waals surface area contributed by atoms with E-state index in [1.807, 2.05) is 30.3 Å². The Bertz CT molecular complexity index is 1250. The molecule has 0 aliphatic heterocycles. The standard InChI is InChI=1S/C29H29BrF3NO4/c1-28(2,3)38-26(35)16-17-34-27(36)21-7-4-19(5-8-21)6-9-23-18-22(12-15-25(23)30)20-10-13-24(14-11-20)37-29(31,32)33/h4-5,7-8,10-15,18H,6,9,16-17H2,1-3H3,(H,34,36). The molecule has 9 heteroatoms. The molecule has 1 amide bonds. The van der Waals surface area contributed by atoms with E-state index < -0.39 is 12.0 Å². The van der Waals surface area contributed by atoms with E-state index in [0.717, 1.165) is 33.1 Å². The van der Waals surface area contributed by atoms with Gasteiger partial charge in [0.15, 0.2) is 0 Å². The van der Waals surface area contributed by atoms with Crippen molar-refractivity contribution in [3.05, 3.63) is 87.9 Å². The average Bonchev–Trinajstić information content (AvgIpc) is 2.82. The van der Waals surface area contributed by atoms with Gasteiger partial charge in [-0.1, -0.05) is 52.3 Å². The lowest BCUT2D eigenvalue weighted by molar-refractivity contribution is -0.274. The number of halogens is 4. The van der Waals surface area contributed by atoms with Crippen molar-refractivity contribution in [1.82, 2.24) is 5.32 Å². The Labute approximate surface area is 228 Å². The zero-order valence-corrected chi connectivity index (χ0v) is 22.9. The lowest BCUT2D eigenvalue weighted by Gasteiger charge is -2.19. The first-order chi connectivity index (χ1) is 17.8. The van der Waals surface area contributed by atoms with Crippen molar-refractivity contribution in [2.45, 2.75) is 52.0 Å². The van der Waals surface area contributed by atoms with E-state index in [-0.39, 0.29) is 30.6 Å². The fraction of sp³-hybridized carbons (Fsp3) is 0.310. The van der Waals surface area contributed by atoms with Gasteiger partial charge in [0.25, 0.3) is 5.91 Å². The molecule has 0 aliphatic carbocycles. The highest BCUT2D eigenvalue weighted by Gasteiger charge is 2.31. The highest BCUT2D eigenvalue weighted by molar-refractivity contribution is 9.10. The maximum atomic E-state index is 12.4. The monoisotopic (exact) mass is 591 g/mol. The molecule has 202 valence electrons. The molecule has 3 aromatic rings. The minimum Gasteiger partial charge on any atom is -0.460 e. The number of hydrogen-bond donors (Lipinski definition) is 1. The molecule has 38 heavy (non-hydrogen) atoms. The van der Waals surface area contributed by atoms with E-state index in [2.05, 4.69) is 26.0 Å². The molecular formula is C29H29BrF3NO4. The fourth-order valence-electron chi connectivity index (χ4n) is 3.67. The number of ether oxygens (including phenoxy) is 2. The molecule has 0 radical (unpaired) electrons. The van der Waals surface area contributed by atoms with Gasteiger partial charge in [-0.3, -0.25) is 9.59 Å². The van der Waals surface area contributed by atoms with Gasteiger partial charge in [-0.25, -0.2) is 0 Å². The first-order valence-corrected chi connectivity index (χ1v) is 12.8. The number of nitrogens with one attached hydrogen (secondary N) is 1. The van der Waals surface area contributed by atoms with Crippen LogP contribution in [0, 0.1) is 0 Å². The van der Waals surface area contributed by atoms with Crippen LogP contribution >= 0.6 is 15.9 Å². The largest absolute Gasteiger partial charge is 0.573 e. The Kier molecular flexibility index (Phi) is 9.60. The molecular weight excluding hydrogens is 563 g/mol. The molecule has 3 aromatic carbocycles. The fourth-order valence-corrected chi connectivity index (χ4v) is 4.11. The summed E-state index contributed by atoms with van der Waals surface area (Å²) >= 11 is 3.57. The van der Waals surface area contributed by atoms with Crippen LogP contribution in [-0.2, 0) is 22.4 Å². The van der Waals surface area contributed by atoms with E-state index in [9.17, 15) is 22.8 Å². The Balaban J connectivity index is 1.55. The lowest BCUT2D eigenvalue weighted by Crippen LogP contribution is -2.29. The normalized spacial score (nSPS) is 11.7. The van der Waals surface area contributed by atoms with Gasteiger partial charge in [-0.15, -0.1) is 13.2 Å². The van der Waals surface area contributed by atoms with Crippen molar-refractivity contribution in [3.8, 4) is 16.9 Å². The molecule has 0 unspecified atom stereocenters. The Morgan fingerprint density at radius 3 is 2.11 bits per heavy atom. The topological polar surface area (TPSA) is 64.6 Å². The van der Waals surface area contributed by atoms with Crippen LogP contribution in [0.4, 0.5) is 13.2 Å². The van der Waals surface area contributed by atoms with Gasteiger partial charge in [0, 0.05) is 16.6 Å². The lowest BCUT2D eigenvalue weighted by atomic mass is 9.98. The van der Waals surface area contributed by atoms with Crippen LogP contribution in [0.2, 0.25) is 0 Å². The van der Waals surface area contributed by atoms with Crippen molar-refractivity contribution in [2.75, 3.05) is 6.54 Å². The summed E-state index contributed by atoms with van der Waals surface area (Å²) in [6, 6.07) is 18.8. The number of aryl methyl sites for hydroxylation is 2. The van der Waals surface area contributed by atoms with Crippen LogP contribution in [0.5, 0.6) is 5.75 Å². The first kappa shape index (κ1) is 29.2. The summed E-state index contributed by atoms with van der Waals surface area (Å²) in [5, 5.41) is 2.73. The van der Waals surface area contributed by atoms with Crippen molar-refractivity contribution in [3.63, 3.8) is 0 Å². The number of carbonyl (C=O) groups is 2. The van der Waals surface area contributed by atoms with Crippen LogP contribution in [0.3, 0.4) is 0 Å². The van der Waals surface area contributed by atoms with Crippen LogP contribution < -0.4 is 10.1 Å². The minimum atomic E-state index is -4.73. The van der Waals surface area contributed by atoms with E-state index in [1.165, 1.54) is 12.1 Å². The van der Waals surface area contributed by atoms with Gasteiger partial charge in [0.05, 0.1) is 6.42 Å². The molecule has 0 bridgehead atoms. The van der Waals surface area contributed by atoms with Gasteiger partial charge >= 0.3 is 12.3 Å². The number of benzene rings is 3. The summed E-state index contributed by atoms with van der Waals surface area (Å²) in [6.07, 6.45) is -3.19. The maximum Gasteiger partial charge on any atom is 0.573 e. The van der Waals surface area contributed by atoms with Crippen molar-refractivity contribution >= 4 is 27.8 Å². The van der Waals surface area contributed by atoms with E-state index in [0.29, 0.717) is 12.0 Å². The van der Waals surface area contributed by atoms with E-state index in [1.54, 1.807) is 45.0 Å². The van der Waals surface area contributed by atoms with Gasteiger partial charge in [0.2, 0.25) is 0 Å². The SMILES string of the molecule is CC(C)(C)OC(=O)CCNC(=O)c1ccc(CCc2cc(-c3ccc(OC(F)(F)F)cc3)ccc2Br)cc1. The van der Waals surface area contributed by atoms with E-state index >= 15 is 0 Å². The number of rotatable bonds is 9. The Morgan fingerprint density at radius 2 is 1.50 bits per heavy atom. The van der Waals surface area contributed by atoms with E-state index in [4.69, 9.17) is 4.74 Å². The van der Waals surface area contributed by atoms with Gasteiger partial charge in [-0.2, -0.15) is 0 Å². The van der Waals surface area contributed by atoms with Crippen molar-refractivity contribution in [1.29, 1.82) is 0 Å². The number of carbonyl (C=O) groups excluding carboxylic acids is 2. The molecule has 0 fully saturated rings. The van der Waals surface area contributed by atoms with Crippen LogP contribution in [0.25, 0.3) is 11.1 Å². The summed E-state index contributed by atoms with van der Waals surface area (Å²) in [4.78, 5) is 24.2. The van der Waals surface area contributed by atoms with Crippen LogP contribution in [0.1, 0.15) is 48.7 Å². The number of alkyl halides is 3. The zero-order chi connectivity index (χ0) is 27.9. The van der Waals surface area contributed by atoms with Crippen LogP contribution in [-0.4, -0.2) is 30.4 Å². The number of esters is 1. The molecule has 3 rings (SSSR count). The average molecular weight is 592 g/mol. The highest BCUT2D eigenvalue weighted by Crippen LogP contribution is 2.29. The minimum absolute atomic E-state index is 0.0977. The second-order valence-corrected chi connectivity index (χ2v) is 10.5.